The molecule has 1 aromatic carbocycles. The van der Waals surface area contributed by atoms with E-state index in [0.717, 1.165) is 0 Å². The van der Waals surface area contributed by atoms with Gasteiger partial charge in [-0.2, -0.15) is 0 Å². The fourth-order valence-corrected chi connectivity index (χ4v) is 1.71. The Hall–Kier alpha value is -2.57. The zero-order valence-electron chi connectivity index (χ0n) is 11.4. The molecule has 108 valence electrons. The highest BCUT2D eigenvalue weighted by atomic mass is 16.5. The average Bonchev–Trinajstić information content (AvgIpc) is 2.32. The molecule has 0 saturated heterocycles. The van der Waals surface area contributed by atoms with E-state index in [-0.39, 0.29) is 5.56 Å². The van der Waals surface area contributed by atoms with Crippen molar-refractivity contribution in [2.45, 2.75) is 26.9 Å². The van der Waals surface area contributed by atoms with Gasteiger partial charge in [-0.1, -0.05) is 0 Å². The Morgan fingerprint density at radius 3 is 2.15 bits per heavy atom. The van der Waals surface area contributed by atoms with E-state index in [0.29, 0.717) is 16.9 Å². The second kappa shape index (κ2) is 6.05. The zero-order valence-corrected chi connectivity index (χ0v) is 11.4. The molecule has 0 bridgehead atoms. The van der Waals surface area contributed by atoms with Crippen LogP contribution in [0.2, 0.25) is 0 Å². The number of aryl methyl sites for hydroxylation is 2. The predicted molar refractivity (Wildman–Crippen MR) is 70.7 cm³/mol. The summed E-state index contributed by atoms with van der Waals surface area (Å²) in [5.41, 5.74) is 6.15. The average molecular weight is 280 g/mol. The van der Waals surface area contributed by atoms with E-state index in [4.69, 9.17) is 15.6 Å². The van der Waals surface area contributed by atoms with E-state index in [9.17, 15) is 14.4 Å². The molecule has 0 aliphatic heterocycles. The molecule has 20 heavy (non-hydrogen) atoms. The maximum atomic E-state index is 11.5. The summed E-state index contributed by atoms with van der Waals surface area (Å²) in [6, 6.07) is 1.94. The van der Waals surface area contributed by atoms with E-state index in [2.05, 4.69) is 0 Å². The van der Waals surface area contributed by atoms with Gasteiger partial charge in [-0.3, -0.25) is 10.1 Å². The van der Waals surface area contributed by atoms with Crippen molar-refractivity contribution >= 4 is 17.9 Å². The Morgan fingerprint density at radius 1 is 1.25 bits per heavy atom. The summed E-state index contributed by atoms with van der Waals surface area (Å²) in [6.45, 7) is 4.81. The minimum Gasteiger partial charge on any atom is -0.480 e. The molecule has 0 aliphatic carbocycles. The van der Waals surface area contributed by atoms with Crippen LogP contribution in [0.25, 0.3) is 0 Å². The van der Waals surface area contributed by atoms with Gasteiger partial charge in [-0.25, -0.2) is 9.59 Å². The van der Waals surface area contributed by atoms with Crippen LogP contribution in [0.5, 0.6) is 5.75 Å². The summed E-state index contributed by atoms with van der Waals surface area (Å²) in [6.07, 6.45) is -0.935. The number of imide groups is 1. The van der Waals surface area contributed by atoms with Gasteiger partial charge >= 0.3 is 12.0 Å². The zero-order chi connectivity index (χ0) is 15.4. The lowest BCUT2D eigenvalue weighted by atomic mass is 10.1. The fourth-order valence-electron chi connectivity index (χ4n) is 1.71. The predicted octanol–water partition coefficient (Wildman–Crippen LogP) is 0.964. The van der Waals surface area contributed by atoms with Crippen molar-refractivity contribution < 1.29 is 24.2 Å². The third-order valence-corrected chi connectivity index (χ3v) is 2.62. The lowest BCUT2D eigenvalue weighted by molar-refractivity contribution is -0.126. The summed E-state index contributed by atoms with van der Waals surface area (Å²) >= 11 is 0. The van der Waals surface area contributed by atoms with Crippen LogP contribution in [-0.4, -0.2) is 29.1 Å². The van der Waals surface area contributed by atoms with Crippen molar-refractivity contribution in [1.82, 2.24) is 5.32 Å². The molecule has 3 amide bonds. The van der Waals surface area contributed by atoms with Crippen molar-refractivity contribution in [2.24, 2.45) is 5.73 Å². The molecule has 0 spiro atoms. The Morgan fingerprint density at radius 2 is 1.75 bits per heavy atom. The van der Waals surface area contributed by atoms with Crippen LogP contribution in [0.3, 0.4) is 0 Å². The number of hydrogen-bond donors (Lipinski definition) is 3. The number of rotatable bonds is 4. The van der Waals surface area contributed by atoms with Gasteiger partial charge in [-0.15, -0.1) is 0 Å². The first-order valence-electron chi connectivity index (χ1n) is 5.84. The van der Waals surface area contributed by atoms with Gasteiger partial charge in [0.2, 0.25) is 0 Å². The number of ether oxygens (including phenoxy) is 1. The number of aromatic carboxylic acids is 1. The van der Waals surface area contributed by atoms with Crippen LogP contribution in [-0.2, 0) is 4.79 Å². The second-order valence-corrected chi connectivity index (χ2v) is 4.36. The van der Waals surface area contributed by atoms with Gasteiger partial charge in [-0.05, 0) is 44.0 Å². The summed E-state index contributed by atoms with van der Waals surface area (Å²) < 4.78 is 5.46. The van der Waals surface area contributed by atoms with Gasteiger partial charge in [0.15, 0.2) is 6.10 Å². The molecule has 0 heterocycles. The van der Waals surface area contributed by atoms with Crippen LogP contribution in [0, 0.1) is 13.8 Å². The van der Waals surface area contributed by atoms with Gasteiger partial charge in [0.25, 0.3) is 5.91 Å². The first-order chi connectivity index (χ1) is 9.22. The van der Waals surface area contributed by atoms with Gasteiger partial charge in [0, 0.05) is 0 Å². The molecule has 1 unspecified atom stereocenters. The standard InChI is InChI=1S/C13H16N2O5/c1-6-4-9(12(17)18)5-7(2)10(6)20-8(3)11(16)15-13(14)19/h4-5,8H,1-3H3,(H,17,18)(H3,14,15,16,19). The second-order valence-electron chi connectivity index (χ2n) is 4.36. The number of carbonyl (C=O) groups is 3. The number of primary amides is 1. The number of urea groups is 1. The van der Waals surface area contributed by atoms with E-state index in [1.54, 1.807) is 13.8 Å². The molecule has 0 fully saturated rings. The molecule has 0 aliphatic rings. The van der Waals surface area contributed by atoms with E-state index < -0.39 is 24.0 Å². The highest BCUT2D eigenvalue weighted by molar-refractivity contribution is 5.95. The Bertz CT molecular complexity index is 545. The third-order valence-electron chi connectivity index (χ3n) is 2.62. The molecule has 0 aromatic heterocycles. The summed E-state index contributed by atoms with van der Waals surface area (Å²) in [4.78, 5) is 33.0. The third kappa shape index (κ3) is 3.71. The van der Waals surface area contributed by atoms with Gasteiger partial charge in [0.05, 0.1) is 5.56 Å². The monoisotopic (exact) mass is 280 g/mol. The molecule has 1 aromatic rings. The number of benzene rings is 1. The topological polar surface area (TPSA) is 119 Å². The number of carbonyl (C=O) groups excluding carboxylic acids is 2. The Kier molecular flexibility index (Phi) is 4.68. The largest absolute Gasteiger partial charge is 0.480 e. The molecule has 4 N–H and O–H groups in total. The van der Waals surface area contributed by atoms with Crippen molar-refractivity contribution in [3.8, 4) is 5.75 Å². The number of nitrogens with two attached hydrogens (primary N) is 1. The molecule has 7 nitrogen and oxygen atoms in total. The van der Waals surface area contributed by atoms with E-state index >= 15 is 0 Å². The number of carboxylic acids is 1. The van der Waals surface area contributed by atoms with Crippen molar-refractivity contribution in [3.05, 3.63) is 28.8 Å². The lowest BCUT2D eigenvalue weighted by Gasteiger charge is -2.17. The van der Waals surface area contributed by atoms with E-state index in [1.807, 2.05) is 5.32 Å². The van der Waals surface area contributed by atoms with Crippen LogP contribution in [0.4, 0.5) is 4.79 Å². The fraction of sp³-hybridized carbons (Fsp3) is 0.308. The molecule has 1 rings (SSSR count). The number of nitrogens with one attached hydrogen (secondary N) is 1. The molecule has 7 heteroatoms. The number of carboxylic acid groups (broad SMARTS) is 1. The smallest absolute Gasteiger partial charge is 0.335 e. The van der Waals surface area contributed by atoms with Gasteiger partial charge in [0.1, 0.15) is 5.75 Å². The summed E-state index contributed by atoms with van der Waals surface area (Å²) in [7, 11) is 0. The van der Waals surface area contributed by atoms with E-state index in [1.165, 1.54) is 19.1 Å². The van der Waals surface area contributed by atoms with Crippen molar-refractivity contribution in [1.29, 1.82) is 0 Å². The minimum absolute atomic E-state index is 0.140. The maximum Gasteiger partial charge on any atom is 0.335 e. The maximum absolute atomic E-state index is 11.5. The minimum atomic E-state index is -1.04. The SMILES string of the molecule is Cc1cc(C(=O)O)cc(C)c1OC(C)C(=O)NC(N)=O. The highest BCUT2D eigenvalue weighted by Gasteiger charge is 2.19. The molecule has 1 atom stereocenters. The highest BCUT2D eigenvalue weighted by Crippen LogP contribution is 2.26. The van der Waals surface area contributed by atoms with Crippen LogP contribution in [0.15, 0.2) is 12.1 Å². The quantitative estimate of drug-likeness (QED) is 0.759. The van der Waals surface area contributed by atoms with Crippen molar-refractivity contribution in [3.63, 3.8) is 0 Å². The molecular weight excluding hydrogens is 264 g/mol. The summed E-state index contributed by atoms with van der Waals surface area (Å²) in [5, 5.41) is 10.8. The Balaban J connectivity index is 2.95. The Labute approximate surface area is 115 Å². The van der Waals surface area contributed by atoms with Crippen LogP contribution in [0.1, 0.15) is 28.4 Å². The van der Waals surface area contributed by atoms with Crippen LogP contribution < -0.4 is 15.8 Å². The van der Waals surface area contributed by atoms with Gasteiger partial charge < -0.3 is 15.6 Å². The summed E-state index contributed by atoms with van der Waals surface area (Å²) in [5.74, 6) is -1.30. The normalized spacial score (nSPS) is 11.6. The number of amides is 3. The first-order valence-corrected chi connectivity index (χ1v) is 5.84. The first kappa shape index (κ1) is 15.5. The molecule has 0 radical (unpaired) electrons. The molecular formula is C13H16N2O5. The van der Waals surface area contributed by atoms with Crippen molar-refractivity contribution in [2.75, 3.05) is 0 Å². The number of hydrogen-bond acceptors (Lipinski definition) is 4. The lowest BCUT2D eigenvalue weighted by Crippen LogP contribution is -2.42. The molecule has 0 saturated carbocycles. The van der Waals surface area contributed by atoms with Crippen LogP contribution >= 0.6 is 0 Å².